The van der Waals surface area contributed by atoms with Crippen molar-refractivity contribution in [2.24, 2.45) is 0 Å². The Bertz CT molecular complexity index is 911. The summed E-state index contributed by atoms with van der Waals surface area (Å²) in [6.07, 6.45) is 3.31. The highest BCUT2D eigenvalue weighted by molar-refractivity contribution is 5.56. The first-order chi connectivity index (χ1) is 13.7. The van der Waals surface area contributed by atoms with E-state index in [-0.39, 0.29) is 0 Å². The predicted octanol–water partition coefficient (Wildman–Crippen LogP) is 4.65. The fraction of sp³-hybridized carbons (Fsp3) is 0.160. The number of aromatic nitrogens is 2. The van der Waals surface area contributed by atoms with Gasteiger partial charge in [-0.2, -0.15) is 0 Å². The van der Waals surface area contributed by atoms with E-state index in [1.54, 1.807) is 6.92 Å². The highest BCUT2D eigenvalue weighted by Gasteiger charge is 2.41. The molecule has 0 saturated carbocycles. The Labute approximate surface area is 165 Å². The van der Waals surface area contributed by atoms with Crippen molar-refractivity contribution in [3.8, 4) is 0 Å². The third kappa shape index (κ3) is 3.14. The number of aliphatic hydroxyl groups excluding tert-OH is 1. The molecule has 0 amide bonds. The quantitative estimate of drug-likeness (QED) is 0.503. The van der Waals surface area contributed by atoms with Crippen LogP contribution < -0.4 is 0 Å². The van der Waals surface area contributed by atoms with Crippen LogP contribution in [0, 0.1) is 0 Å². The normalized spacial score (nSPS) is 12.6. The first kappa shape index (κ1) is 18.2. The Kier molecular flexibility index (Phi) is 5.09. The number of hydrogen-bond donors (Lipinski definition) is 1. The van der Waals surface area contributed by atoms with Gasteiger partial charge in [0, 0.05) is 18.9 Å². The van der Waals surface area contributed by atoms with Gasteiger partial charge in [0.15, 0.2) is 0 Å². The van der Waals surface area contributed by atoms with E-state index in [9.17, 15) is 5.11 Å². The number of benzene rings is 3. The van der Waals surface area contributed by atoms with Crippen molar-refractivity contribution in [3.05, 3.63) is 126 Å². The Morgan fingerprint density at radius 3 is 1.61 bits per heavy atom. The van der Waals surface area contributed by atoms with Crippen LogP contribution in [-0.4, -0.2) is 20.8 Å². The molecule has 0 aliphatic heterocycles. The van der Waals surface area contributed by atoms with Crippen LogP contribution in [0.1, 0.15) is 29.4 Å². The van der Waals surface area contributed by atoms with Crippen molar-refractivity contribution >= 4 is 0 Å². The molecule has 140 valence electrons. The highest BCUT2D eigenvalue weighted by atomic mass is 16.3. The number of aliphatic hydroxyl groups is 1. The van der Waals surface area contributed by atoms with Crippen LogP contribution >= 0.6 is 0 Å². The largest absolute Gasteiger partial charge is 0.392 e. The third-order valence-electron chi connectivity index (χ3n) is 5.13. The molecule has 0 aliphatic rings. The van der Waals surface area contributed by atoms with E-state index < -0.39 is 11.5 Å². The second-order valence-corrected chi connectivity index (χ2v) is 7.10. The number of rotatable bonds is 6. The smallest absolute Gasteiger partial charge is 0.128 e. The fourth-order valence-electron chi connectivity index (χ4n) is 4.03. The molecule has 0 unspecified atom stereocenters. The van der Waals surface area contributed by atoms with Crippen molar-refractivity contribution in [1.29, 1.82) is 0 Å². The molecule has 0 fully saturated rings. The number of nitrogens with zero attached hydrogens (tertiary/aromatic N) is 2. The Hall–Kier alpha value is -3.17. The standard InChI is InChI=1S/C25H24N2O/c1-20(28)19-27-18-17-26-24(27)25(21-11-5-2-6-12-21,22-13-7-3-8-14-22)23-15-9-4-10-16-23/h2-18,20,28H,19H2,1H3/t20-/m0/s1. The van der Waals surface area contributed by atoms with E-state index in [1.807, 2.05) is 30.6 Å². The maximum Gasteiger partial charge on any atom is 0.128 e. The summed E-state index contributed by atoms with van der Waals surface area (Å²) in [6, 6.07) is 31.4. The SMILES string of the molecule is C[C@H](O)Cn1ccnc1C(c1ccccc1)(c1ccccc1)c1ccccc1. The first-order valence-corrected chi connectivity index (χ1v) is 9.59. The molecule has 0 saturated heterocycles. The summed E-state index contributed by atoms with van der Waals surface area (Å²) in [6.45, 7) is 2.29. The molecule has 3 aromatic carbocycles. The molecule has 0 bridgehead atoms. The minimum absolute atomic E-state index is 0.465. The van der Waals surface area contributed by atoms with Crippen LogP contribution in [0.5, 0.6) is 0 Å². The Morgan fingerprint density at radius 1 is 0.786 bits per heavy atom. The molecule has 28 heavy (non-hydrogen) atoms. The highest BCUT2D eigenvalue weighted by Crippen LogP contribution is 2.44. The molecule has 1 heterocycles. The lowest BCUT2D eigenvalue weighted by Crippen LogP contribution is -2.35. The van der Waals surface area contributed by atoms with E-state index in [0.717, 1.165) is 22.5 Å². The van der Waals surface area contributed by atoms with Crippen LogP contribution in [0.3, 0.4) is 0 Å². The van der Waals surface area contributed by atoms with Crippen LogP contribution in [0.2, 0.25) is 0 Å². The van der Waals surface area contributed by atoms with Gasteiger partial charge in [0.25, 0.3) is 0 Å². The van der Waals surface area contributed by atoms with Gasteiger partial charge >= 0.3 is 0 Å². The van der Waals surface area contributed by atoms with Crippen molar-refractivity contribution in [1.82, 2.24) is 9.55 Å². The van der Waals surface area contributed by atoms with Crippen molar-refractivity contribution in [2.45, 2.75) is 25.0 Å². The van der Waals surface area contributed by atoms with Gasteiger partial charge in [-0.15, -0.1) is 0 Å². The lowest BCUT2D eigenvalue weighted by Gasteiger charge is -2.36. The number of hydrogen-bond acceptors (Lipinski definition) is 2. The van der Waals surface area contributed by atoms with Gasteiger partial charge in [-0.05, 0) is 23.6 Å². The number of imidazole rings is 1. The maximum absolute atomic E-state index is 10.1. The molecule has 3 heteroatoms. The van der Waals surface area contributed by atoms with Crippen LogP contribution in [0.15, 0.2) is 103 Å². The van der Waals surface area contributed by atoms with Gasteiger partial charge in [0.2, 0.25) is 0 Å². The summed E-state index contributed by atoms with van der Waals surface area (Å²) in [5.74, 6) is 0.900. The average Bonchev–Trinajstić information content (AvgIpc) is 3.19. The molecule has 1 aromatic heterocycles. The summed E-state index contributed by atoms with van der Waals surface area (Å²) >= 11 is 0. The van der Waals surface area contributed by atoms with Gasteiger partial charge in [-0.25, -0.2) is 4.98 Å². The summed E-state index contributed by atoms with van der Waals surface area (Å²) < 4.78 is 2.07. The summed E-state index contributed by atoms with van der Waals surface area (Å²) in [5, 5.41) is 10.1. The van der Waals surface area contributed by atoms with E-state index in [4.69, 9.17) is 4.98 Å². The monoisotopic (exact) mass is 368 g/mol. The van der Waals surface area contributed by atoms with Gasteiger partial charge in [-0.3, -0.25) is 0 Å². The molecule has 4 aromatic rings. The van der Waals surface area contributed by atoms with Gasteiger partial charge < -0.3 is 9.67 Å². The molecule has 0 radical (unpaired) electrons. The van der Waals surface area contributed by atoms with E-state index in [1.165, 1.54) is 0 Å². The molecular formula is C25H24N2O. The molecular weight excluding hydrogens is 344 g/mol. The van der Waals surface area contributed by atoms with Crippen LogP contribution in [-0.2, 0) is 12.0 Å². The fourth-order valence-corrected chi connectivity index (χ4v) is 4.03. The Balaban J connectivity index is 2.10. The predicted molar refractivity (Wildman–Crippen MR) is 112 cm³/mol. The van der Waals surface area contributed by atoms with Crippen LogP contribution in [0.25, 0.3) is 0 Å². The molecule has 0 aliphatic carbocycles. The average molecular weight is 368 g/mol. The third-order valence-corrected chi connectivity index (χ3v) is 5.13. The van der Waals surface area contributed by atoms with Gasteiger partial charge in [-0.1, -0.05) is 91.0 Å². The zero-order valence-electron chi connectivity index (χ0n) is 15.9. The Morgan fingerprint density at radius 2 is 1.21 bits per heavy atom. The molecule has 4 rings (SSSR count). The minimum atomic E-state index is -0.581. The zero-order chi connectivity index (χ0) is 19.4. The second-order valence-electron chi connectivity index (χ2n) is 7.10. The lowest BCUT2D eigenvalue weighted by atomic mass is 9.68. The van der Waals surface area contributed by atoms with E-state index >= 15 is 0 Å². The maximum atomic E-state index is 10.1. The summed E-state index contributed by atoms with van der Waals surface area (Å²) in [4.78, 5) is 4.82. The molecule has 1 N–H and O–H groups in total. The summed E-state index contributed by atoms with van der Waals surface area (Å²) in [7, 11) is 0. The van der Waals surface area contributed by atoms with E-state index in [0.29, 0.717) is 6.54 Å². The second kappa shape index (κ2) is 7.83. The lowest BCUT2D eigenvalue weighted by molar-refractivity contribution is 0.171. The van der Waals surface area contributed by atoms with Crippen molar-refractivity contribution in [2.75, 3.05) is 0 Å². The van der Waals surface area contributed by atoms with Crippen molar-refractivity contribution < 1.29 is 5.11 Å². The zero-order valence-corrected chi connectivity index (χ0v) is 15.9. The first-order valence-electron chi connectivity index (χ1n) is 9.59. The molecule has 0 spiro atoms. The minimum Gasteiger partial charge on any atom is -0.392 e. The van der Waals surface area contributed by atoms with E-state index in [2.05, 4.69) is 77.4 Å². The van der Waals surface area contributed by atoms with Crippen LogP contribution in [0.4, 0.5) is 0 Å². The van der Waals surface area contributed by atoms with Gasteiger partial charge in [0.1, 0.15) is 11.2 Å². The molecule has 1 atom stereocenters. The van der Waals surface area contributed by atoms with Gasteiger partial charge in [0.05, 0.1) is 6.10 Å². The molecule has 3 nitrogen and oxygen atoms in total. The topological polar surface area (TPSA) is 38.0 Å². The van der Waals surface area contributed by atoms with Crippen molar-refractivity contribution in [3.63, 3.8) is 0 Å². The summed E-state index contributed by atoms with van der Waals surface area (Å²) in [5.41, 5.74) is 2.85.